The quantitative estimate of drug-likeness (QED) is 0.787. The van der Waals surface area contributed by atoms with Crippen molar-refractivity contribution in [3.63, 3.8) is 0 Å². The van der Waals surface area contributed by atoms with Crippen LogP contribution in [0.15, 0.2) is 12.1 Å². The number of nitrogens with one attached hydrogen (secondary N) is 1. The van der Waals surface area contributed by atoms with Crippen molar-refractivity contribution in [3.8, 4) is 0 Å². The average molecular weight is 265 g/mol. The molecular weight excluding hydrogens is 242 g/mol. The fraction of sp³-hybridized carbons (Fsp3) is 0.571. The average Bonchev–Trinajstić information content (AvgIpc) is 2.41. The Labute approximate surface area is 114 Å². The first-order chi connectivity index (χ1) is 9.12. The van der Waals surface area contributed by atoms with Gasteiger partial charge in [0.25, 0.3) is 5.91 Å². The van der Waals surface area contributed by atoms with Gasteiger partial charge in [-0.1, -0.05) is 13.3 Å². The summed E-state index contributed by atoms with van der Waals surface area (Å²) >= 11 is 0. The Morgan fingerprint density at radius 3 is 2.74 bits per heavy atom. The van der Waals surface area contributed by atoms with Crippen molar-refractivity contribution in [1.82, 2.24) is 9.88 Å². The Kier molecular flexibility index (Phi) is 6.29. The molecule has 1 amide bonds. The number of hydrogen-bond acceptors (Lipinski definition) is 4. The van der Waals surface area contributed by atoms with Crippen LogP contribution in [0.25, 0.3) is 0 Å². The molecule has 5 nitrogen and oxygen atoms in total. The highest BCUT2D eigenvalue weighted by Crippen LogP contribution is 2.12. The molecular formula is C14H23N3O2. The first-order valence-electron chi connectivity index (χ1n) is 6.69. The first kappa shape index (κ1) is 15.4. The summed E-state index contributed by atoms with van der Waals surface area (Å²) in [5.41, 5.74) is 1.41. The lowest BCUT2D eigenvalue weighted by Crippen LogP contribution is -2.34. The molecule has 0 aliphatic rings. The number of aliphatic hydroxyl groups is 1. The number of rotatable bonds is 7. The lowest BCUT2D eigenvalue weighted by molar-refractivity contribution is 0.0719. The number of pyridine rings is 1. The number of unbranched alkanes of at least 4 members (excludes halogenated alkanes) is 1. The van der Waals surface area contributed by atoms with Crippen LogP contribution in [0.1, 0.15) is 35.8 Å². The molecule has 0 unspecified atom stereocenters. The summed E-state index contributed by atoms with van der Waals surface area (Å²) in [5.74, 6) is 0.632. The third kappa shape index (κ3) is 4.52. The Morgan fingerprint density at radius 2 is 2.16 bits per heavy atom. The molecule has 0 bridgehead atoms. The molecule has 0 spiro atoms. The number of aryl methyl sites for hydroxylation is 1. The van der Waals surface area contributed by atoms with Gasteiger partial charge < -0.3 is 15.3 Å². The Bertz CT molecular complexity index is 421. The summed E-state index contributed by atoms with van der Waals surface area (Å²) in [6.07, 6.45) is 1.96. The van der Waals surface area contributed by atoms with Crippen molar-refractivity contribution in [2.24, 2.45) is 0 Å². The zero-order valence-corrected chi connectivity index (χ0v) is 11.9. The zero-order chi connectivity index (χ0) is 14.3. The predicted octanol–water partition coefficient (Wildman–Crippen LogP) is 1.67. The van der Waals surface area contributed by atoms with Gasteiger partial charge in [-0.25, -0.2) is 4.98 Å². The highest BCUT2D eigenvalue weighted by atomic mass is 16.3. The summed E-state index contributed by atoms with van der Waals surface area (Å²) < 4.78 is 0. The monoisotopic (exact) mass is 265 g/mol. The molecule has 1 aromatic heterocycles. The van der Waals surface area contributed by atoms with Crippen LogP contribution in [0.5, 0.6) is 0 Å². The molecule has 2 N–H and O–H groups in total. The molecule has 1 rings (SSSR count). The number of anilines is 1. The highest BCUT2D eigenvalue weighted by molar-refractivity contribution is 5.95. The second kappa shape index (κ2) is 7.74. The second-order valence-electron chi connectivity index (χ2n) is 4.50. The fourth-order valence-electron chi connectivity index (χ4n) is 1.89. The molecule has 0 fully saturated rings. The summed E-state index contributed by atoms with van der Waals surface area (Å²) in [5, 5.41) is 12.0. The van der Waals surface area contributed by atoms with Crippen LogP contribution in [0, 0.1) is 6.92 Å². The smallest absolute Gasteiger partial charge is 0.254 e. The van der Waals surface area contributed by atoms with Gasteiger partial charge in [0.15, 0.2) is 0 Å². The van der Waals surface area contributed by atoms with Crippen LogP contribution in [0.3, 0.4) is 0 Å². The lowest BCUT2D eigenvalue weighted by Gasteiger charge is -2.22. The van der Waals surface area contributed by atoms with Gasteiger partial charge in [0, 0.05) is 31.4 Å². The van der Waals surface area contributed by atoms with E-state index in [0.717, 1.165) is 18.5 Å². The van der Waals surface area contributed by atoms with Crippen molar-refractivity contribution in [2.45, 2.75) is 26.7 Å². The molecule has 106 valence electrons. The number of aliphatic hydroxyl groups excluding tert-OH is 1. The van der Waals surface area contributed by atoms with Gasteiger partial charge in [-0.3, -0.25) is 4.79 Å². The van der Waals surface area contributed by atoms with Crippen molar-refractivity contribution < 1.29 is 9.90 Å². The van der Waals surface area contributed by atoms with E-state index in [1.54, 1.807) is 24.1 Å². The topological polar surface area (TPSA) is 65.5 Å². The minimum Gasteiger partial charge on any atom is -0.395 e. The van der Waals surface area contributed by atoms with Crippen molar-refractivity contribution in [1.29, 1.82) is 0 Å². The normalized spacial score (nSPS) is 10.3. The Balaban J connectivity index is 2.91. The molecule has 0 saturated carbocycles. The Morgan fingerprint density at radius 1 is 1.42 bits per heavy atom. The minimum absolute atomic E-state index is 0.0155. The molecule has 19 heavy (non-hydrogen) atoms. The van der Waals surface area contributed by atoms with E-state index in [4.69, 9.17) is 5.11 Å². The molecule has 0 saturated heterocycles. The first-order valence-corrected chi connectivity index (χ1v) is 6.69. The van der Waals surface area contributed by atoms with E-state index in [-0.39, 0.29) is 12.5 Å². The lowest BCUT2D eigenvalue weighted by atomic mass is 10.2. The summed E-state index contributed by atoms with van der Waals surface area (Å²) in [6.45, 7) is 4.97. The van der Waals surface area contributed by atoms with E-state index in [1.165, 1.54) is 0 Å². The zero-order valence-electron chi connectivity index (χ0n) is 11.9. The molecule has 5 heteroatoms. The molecule has 1 heterocycles. The standard InChI is InChI=1S/C14H23N3O2/c1-4-5-6-17(7-8-18)14(19)12-9-11(2)16-13(10-12)15-3/h9-10,18H,4-8H2,1-3H3,(H,15,16). The maximum Gasteiger partial charge on any atom is 0.254 e. The fourth-order valence-corrected chi connectivity index (χ4v) is 1.89. The van der Waals surface area contributed by atoms with E-state index in [1.807, 2.05) is 6.92 Å². The molecule has 0 aliphatic carbocycles. The summed E-state index contributed by atoms with van der Waals surface area (Å²) in [7, 11) is 1.78. The number of amides is 1. The maximum atomic E-state index is 12.4. The minimum atomic E-state index is -0.0514. The molecule has 0 radical (unpaired) electrons. The second-order valence-corrected chi connectivity index (χ2v) is 4.50. The molecule has 0 atom stereocenters. The van der Waals surface area contributed by atoms with Crippen LogP contribution in [-0.2, 0) is 0 Å². The molecule has 0 aliphatic heterocycles. The van der Waals surface area contributed by atoms with Gasteiger partial charge in [0.05, 0.1) is 6.61 Å². The third-order valence-corrected chi connectivity index (χ3v) is 2.90. The maximum absolute atomic E-state index is 12.4. The van der Waals surface area contributed by atoms with E-state index in [0.29, 0.717) is 24.5 Å². The number of carbonyl (C=O) groups excluding carboxylic acids is 1. The largest absolute Gasteiger partial charge is 0.395 e. The van der Waals surface area contributed by atoms with Crippen LogP contribution in [0.2, 0.25) is 0 Å². The van der Waals surface area contributed by atoms with Crippen LogP contribution in [-0.4, -0.2) is 47.6 Å². The van der Waals surface area contributed by atoms with Gasteiger partial charge >= 0.3 is 0 Å². The number of hydrogen-bond donors (Lipinski definition) is 2. The van der Waals surface area contributed by atoms with Crippen LogP contribution >= 0.6 is 0 Å². The highest BCUT2D eigenvalue weighted by Gasteiger charge is 2.16. The number of aromatic nitrogens is 1. The van der Waals surface area contributed by atoms with Crippen LogP contribution in [0.4, 0.5) is 5.82 Å². The summed E-state index contributed by atoms with van der Waals surface area (Å²) in [6, 6.07) is 3.52. The van der Waals surface area contributed by atoms with E-state index in [2.05, 4.69) is 17.2 Å². The van der Waals surface area contributed by atoms with Gasteiger partial charge in [0.1, 0.15) is 5.82 Å². The van der Waals surface area contributed by atoms with Crippen molar-refractivity contribution >= 4 is 11.7 Å². The van der Waals surface area contributed by atoms with Crippen molar-refractivity contribution in [3.05, 3.63) is 23.4 Å². The van der Waals surface area contributed by atoms with E-state index in [9.17, 15) is 4.79 Å². The SMILES string of the molecule is CCCCN(CCO)C(=O)c1cc(C)nc(NC)c1. The van der Waals surface area contributed by atoms with E-state index >= 15 is 0 Å². The third-order valence-electron chi connectivity index (χ3n) is 2.90. The predicted molar refractivity (Wildman–Crippen MR) is 76.4 cm³/mol. The van der Waals surface area contributed by atoms with Gasteiger partial charge in [-0.05, 0) is 25.5 Å². The van der Waals surface area contributed by atoms with Gasteiger partial charge in [-0.15, -0.1) is 0 Å². The molecule has 1 aromatic rings. The van der Waals surface area contributed by atoms with Gasteiger partial charge in [-0.2, -0.15) is 0 Å². The van der Waals surface area contributed by atoms with Crippen molar-refractivity contribution in [2.75, 3.05) is 32.1 Å². The number of nitrogens with zero attached hydrogens (tertiary/aromatic N) is 2. The summed E-state index contributed by atoms with van der Waals surface area (Å²) in [4.78, 5) is 18.4. The van der Waals surface area contributed by atoms with Crippen LogP contribution < -0.4 is 5.32 Å². The van der Waals surface area contributed by atoms with Gasteiger partial charge in [0.2, 0.25) is 0 Å². The van der Waals surface area contributed by atoms with E-state index < -0.39 is 0 Å². The Hall–Kier alpha value is -1.62. The molecule has 0 aromatic carbocycles. The number of carbonyl (C=O) groups is 1.